The molecule has 32 heavy (non-hydrogen) atoms. The van der Waals surface area contributed by atoms with E-state index < -0.39 is 6.43 Å². The Hall–Kier alpha value is -1.20. The maximum atomic E-state index is 13.1. The van der Waals surface area contributed by atoms with E-state index in [0.29, 0.717) is 36.0 Å². The topological polar surface area (TPSA) is 38.4 Å². The van der Waals surface area contributed by atoms with E-state index in [4.69, 9.17) is 22.9 Å². The molecule has 0 saturated heterocycles. The second kappa shape index (κ2) is 8.87. The standard InChI is InChI=1S/C27H36F2N2S/c28-24(29)11-10-22-20-12-26(21-4-2-1-3-5-21)14-23(22)27(13-20,17-26)25(32)31-16-19-8-6-18(15-30)7-9-19/h1-5,16,18-20,22-24H,6-15,17,30H2/b31-16+. The largest absolute Gasteiger partial charge is 0.330 e. The maximum absolute atomic E-state index is 13.1. The first-order valence-corrected chi connectivity index (χ1v) is 13.0. The fourth-order valence-electron chi connectivity index (χ4n) is 8.12. The number of nitrogens with two attached hydrogens (primary N) is 1. The summed E-state index contributed by atoms with van der Waals surface area (Å²) < 4.78 is 26.2. The summed E-state index contributed by atoms with van der Waals surface area (Å²) in [5.74, 6) is 2.43. The zero-order valence-corrected chi connectivity index (χ0v) is 19.7. The Balaban J connectivity index is 1.38. The highest BCUT2D eigenvalue weighted by atomic mass is 32.1. The van der Waals surface area contributed by atoms with Gasteiger partial charge in [0.25, 0.3) is 0 Å². The maximum Gasteiger partial charge on any atom is 0.238 e. The molecule has 1 aromatic carbocycles. The van der Waals surface area contributed by atoms with Crippen LogP contribution < -0.4 is 5.73 Å². The van der Waals surface area contributed by atoms with Crippen molar-refractivity contribution < 1.29 is 8.78 Å². The second-order valence-corrected chi connectivity index (χ2v) is 11.6. The van der Waals surface area contributed by atoms with Crippen molar-refractivity contribution in [2.75, 3.05) is 6.54 Å². The van der Waals surface area contributed by atoms with Crippen LogP contribution in [0.15, 0.2) is 35.3 Å². The molecule has 5 atom stereocenters. The zero-order chi connectivity index (χ0) is 22.3. The predicted octanol–water partition coefficient (Wildman–Crippen LogP) is 6.57. The number of benzene rings is 1. The molecule has 0 aromatic heterocycles. The van der Waals surface area contributed by atoms with Crippen molar-refractivity contribution in [2.45, 2.75) is 76.0 Å². The first-order valence-electron chi connectivity index (χ1n) is 12.6. The third kappa shape index (κ3) is 3.87. The Morgan fingerprint density at radius 3 is 2.56 bits per heavy atom. The fraction of sp³-hybridized carbons (Fsp3) is 0.704. The third-order valence-corrected chi connectivity index (χ3v) is 10.0. The van der Waals surface area contributed by atoms with Crippen molar-refractivity contribution in [3.63, 3.8) is 0 Å². The van der Waals surface area contributed by atoms with Gasteiger partial charge in [0.05, 0.1) is 0 Å². The van der Waals surface area contributed by atoms with Crippen LogP contribution in [0.3, 0.4) is 0 Å². The van der Waals surface area contributed by atoms with Crippen molar-refractivity contribution in [3.05, 3.63) is 35.9 Å². The van der Waals surface area contributed by atoms with Crippen molar-refractivity contribution in [2.24, 2.45) is 45.7 Å². The van der Waals surface area contributed by atoms with Gasteiger partial charge in [0.2, 0.25) is 6.43 Å². The van der Waals surface area contributed by atoms with Crippen molar-refractivity contribution in [1.29, 1.82) is 0 Å². The molecule has 0 spiro atoms. The van der Waals surface area contributed by atoms with E-state index in [9.17, 15) is 8.78 Å². The monoisotopic (exact) mass is 458 g/mol. The van der Waals surface area contributed by atoms with Gasteiger partial charge in [-0.25, -0.2) is 8.78 Å². The Bertz CT molecular complexity index is 850. The molecule has 2 nitrogen and oxygen atoms in total. The van der Waals surface area contributed by atoms with E-state index in [-0.39, 0.29) is 17.3 Å². The molecule has 0 aliphatic heterocycles. The number of halogens is 2. The van der Waals surface area contributed by atoms with Crippen LogP contribution in [-0.4, -0.2) is 24.2 Å². The summed E-state index contributed by atoms with van der Waals surface area (Å²) in [4.78, 5) is 5.82. The van der Waals surface area contributed by atoms with E-state index in [1.54, 1.807) is 0 Å². The molecule has 2 N–H and O–H groups in total. The Morgan fingerprint density at radius 2 is 1.88 bits per heavy atom. The number of rotatable bonds is 7. The highest BCUT2D eigenvalue weighted by molar-refractivity contribution is 7.80. The average molecular weight is 459 g/mol. The first-order chi connectivity index (χ1) is 15.5. The molecular formula is C27H36F2N2S. The van der Waals surface area contributed by atoms with E-state index in [1.807, 2.05) is 0 Å². The molecule has 0 radical (unpaired) electrons. The Morgan fingerprint density at radius 1 is 1.12 bits per heavy atom. The molecule has 4 bridgehead atoms. The highest BCUT2D eigenvalue weighted by Crippen LogP contribution is 2.73. The smallest absolute Gasteiger partial charge is 0.238 e. The van der Waals surface area contributed by atoms with Gasteiger partial charge in [-0.05, 0) is 105 Å². The van der Waals surface area contributed by atoms with Gasteiger partial charge in [0, 0.05) is 18.1 Å². The van der Waals surface area contributed by atoms with Gasteiger partial charge >= 0.3 is 0 Å². The molecule has 5 saturated carbocycles. The summed E-state index contributed by atoms with van der Waals surface area (Å²) in [6, 6.07) is 10.9. The molecule has 0 amide bonds. The predicted molar refractivity (Wildman–Crippen MR) is 130 cm³/mol. The molecule has 1 aromatic rings. The van der Waals surface area contributed by atoms with Crippen molar-refractivity contribution in [1.82, 2.24) is 0 Å². The van der Waals surface area contributed by atoms with E-state index in [1.165, 1.54) is 18.4 Å². The molecule has 174 valence electrons. The van der Waals surface area contributed by atoms with Gasteiger partial charge in [0.15, 0.2) is 0 Å². The lowest BCUT2D eigenvalue weighted by Crippen LogP contribution is -2.37. The Labute approximate surface area is 196 Å². The number of hydrogen-bond acceptors (Lipinski definition) is 2. The van der Waals surface area contributed by atoms with Gasteiger partial charge in [-0.2, -0.15) is 0 Å². The minimum Gasteiger partial charge on any atom is -0.330 e. The minimum absolute atomic E-state index is 0.0203. The van der Waals surface area contributed by atoms with Crippen LogP contribution in [0.1, 0.15) is 69.8 Å². The summed E-state index contributed by atoms with van der Waals surface area (Å²) in [6.07, 6.45) is 9.55. The van der Waals surface area contributed by atoms with Gasteiger partial charge < -0.3 is 5.73 Å². The van der Waals surface area contributed by atoms with Crippen LogP contribution in [0.5, 0.6) is 0 Å². The molecule has 5 heteroatoms. The number of nitrogens with zero attached hydrogens (tertiary/aromatic N) is 1. The lowest BCUT2D eigenvalue weighted by Gasteiger charge is -2.43. The molecule has 5 fully saturated rings. The lowest BCUT2D eigenvalue weighted by atomic mass is 9.61. The van der Waals surface area contributed by atoms with Crippen LogP contribution in [0, 0.1) is 35.0 Å². The third-order valence-electron chi connectivity index (χ3n) is 9.53. The first kappa shape index (κ1) is 22.6. The van der Waals surface area contributed by atoms with Crippen molar-refractivity contribution in [3.8, 4) is 0 Å². The fourth-order valence-corrected chi connectivity index (χ4v) is 8.49. The van der Waals surface area contributed by atoms with Crippen LogP contribution in [0.25, 0.3) is 0 Å². The minimum atomic E-state index is -2.21. The molecule has 5 unspecified atom stereocenters. The van der Waals surface area contributed by atoms with E-state index in [2.05, 4.69) is 36.5 Å². The van der Waals surface area contributed by atoms with Crippen LogP contribution in [0.2, 0.25) is 0 Å². The lowest BCUT2D eigenvalue weighted by molar-refractivity contribution is 0.0995. The van der Waals surface area contributed by atoms with E-state index in [0.717, 1.165) is 50.1 Å². The SMILES string of the molecule is NCC1CCC(/C=N/C(=S)C23CC4CC(c5ccccc5)(CC2C4CCC(F)F)C3)CC1. The Kier molecular flexibility index (Phi) is 6.26. The van der Waals surface area contributed by atoms with Gasteiger partial charge in [-0.15, -0.1) is 0 Å². The summed E-state index contributed by atoms with van der Waals surface area (Å²) in [7, 11) is 0. The molecule has 0 heterocycles. The second-order valence-electron chi connectivity index (χ2n) is 11.2. The van der Waals surface area contributed by atoms with Crippen LogP contribution in [0.4, 0.5) is 8.78 Å². The highest BCUT2D eigenvalue weighted by Gasteiger charge is 2.69. The molecule has 5 aliphatic carbocycles. The molecular weight excluding hydrogens is 422 g/mol. The van der Waals surface area contributed by atoms with Crippen molar-refractivity contribution >= 4 is 23.4 Å². The summed E-state index contributed by atoms with van der Waals surface area (Å²) in [5, 5.41) is 0. The normalized spacial score (nSPS) is 40.6. The van der Waals surface area contributed by atoms with Gasteiger partial charge in [-0.1, -0.05) is 42.5 Å². The van der Waals surface area contributed by atoms with E-state index >= 15 is 0 Å². The number of alkyl halides is 2. The van der Waals surface area contributed by atoms with Gasteiger partial charge in [0.1, 0.15) is 4.99 Å². The summed E-state index contributed by atoms with van der Waals surface area (Å²) in [6.45, 7) is 0.788. The number of aliphatic imine (C=N–C) groups is 1. The van der Waals surface area contributed by atoms with Crippen LogP contribution in [-0.2, 0) is 5.41 Å². The quantitative estimate of drug-likeness (QED) is 0.371. The summed E-state index contributed by atoms with van der Waals surface area (Å²) >= 11 is 6.05. The average Bonchev–Trinajstić information content (AvgIpc) is 3.19. The number of thiocarbonyl (C=S) groups is 1. The molecule has 5 aliphatic rings. The number of hydrogen-bond donors (Lipinski definition) is 1. The van der Waals surface area contributed by atoms with Gasteiger partial charge in [-0.3, -0.25) is 4.99 Å². The van der Waals surface area contributed by atoms with Crippen LogP contribution >= 0.6 is 12.2 Å². The summed E-state index contributed by atoms with van der Waals surface area (Å²) in [5.41, 5.74) is 7.33. The zero-order valence-electron chi connectivity index (χ0n) is 18.9. The molecule has 6 rings (SSSR count).